The van der Waals surface area contributed by atoms with Crippen LogP contribution in [0.3, 0.4) is 0 Å². The summed E-state index contributed by atoms with van der Waals surface area (Å²) in [5.41, 5.74) is 1.56. The summed E-state index contributed by atoms with van der Waals surface area (Å²) in [4.78, 5) is 4.42. The molecule has 27 heavy (non-hydrogen) atoms. The van der Waals surface area contributed by atoms with E-state index in [0.717, 1.165) is 44.4 Å². The molecule has 2 N–H and O–H groups in total. The lowest BCUT2D eigenvalue weighted by Gasteiger charge is -2.30. The van der Waals surface area contributed by atoms with E-state index in [0.29, 0.717) is 11.3 Å². The van der Waals surface area contributed by atoms with Gasteiger partial charge in [0.25, 0.3) is 0 Å². The van der Waals surface area contributed by atoms with E-state index in [2.05, 4.69) is 41.6 Å². The monoisotopic (exact) mass is 375 g/mol. The van der Waals surface area contributed by atoms with Gasteiger partial charge in [-0.15, -0.1) is 0 Å². The highest BCUT2D eigenvalue weighted by Gasteiger charge is 2.33. The van der Waals surface area contributed by atoms with Gasteiger partial charge in [0.2, 0.25) is 0 Å². The van der Waals surface area contributed by atoms with Crippen LogP contribution in [0.4, 0.5) is 0 Å². The predicted octanol–water partition coefficient (Wildman–Crippen LogP) is 3.95. The molecule has 1 saturated carbocycles. The zero-order chi connectivity index (χ0) is 19.5. The van der Waals surface area contributed by atoms with Crippen molar-refractivity contribution in [3.63, 3.8) is 0 Å². The first-order valence-corrected chi connectivity index (χ1v) is 10.3. The van der Waals surface area contributed by atoms with Crippen molar-refractivity contribution in [2.45, 2.75) is 51.9 Å². The topological polar surface area (TPSA) is 54.9 Å². The number of hydrogen-bond acceptors (Lipinski definition) is 3. The Labute approximate surface area is 164 Å². The highest BCUT2D eigenvalue weighted by atomic mass is 16.5. The summed E-state index contributed by atoms with van der Waals surface area (Å²) in [5, 5.41) is 7.05. The Balaban J connectivity index is 1.86. The molecular formula is C22H37N3O2. The number of guanidine groups is 1. The van der Waals surface area contributed by atoms with Gasteiger partial charge in [-0.1, -0.05) is 38.0 Å². The molecule has 0 radical (unpaired) electrons. The van der Waals surface area contributed by atoms with Crippen LogP contribution in [0.2, 0.25) is 0 Å². The standard InChI is InChI=1S/C22H37N3O2/c1-5-27-15-14-22(12-8-9-13-22)17-25-21(23-3)24-16-18(2)19-10-6-7-11-20(19)26-4/h6-7,10-11,18H,5,8-9,12-17H2,1-4H3,(H2,23,24,25). The van der Waals surface area contributed by atoms with Gasteiger partial charge in [-0.3, -0.25) is 4.99 Å². The van der Waals surface area contributed by atoms with Crippen LogP contribution < -0.4 is 15.4 Å². The molecule has 1 fully saturated rings. The largest absolute Gasteiger partial charge is 0.496 e. The summed E-state index contributed by atoms with van der Waals surface area (Å²) in [7, 11) is 3.56. The van der Waals surface area contributed by atoms with Gasteiger partial charge >= 0.3 is 0 Å². The van der Waals surface area contributed by atoms with Crippen molar-refractivity contribution in [1.29, 1.82) is 0 Å². The summed E-state index contributed by atoms with van der Waals surface area (Å²) in [6.45, 7) is 7.70. The first-order valence-electron chi connectivity index (χ1n) is 10.3. The van der Waals surface area contributed by atoms with E-state index in [1.807, 2.05) is 19.2 Å². The summed E-state index contributed by atoms with van der Waals surface area (Å²) in [6, 6.07) is 8.21. The van der Waals surface area contributed by atoms with Crippen LogP contribution in [-0.2, 0) is 4.74 Å². The Bertz CT molecular complexity index is 583. The van der Waals surface area contributed by atoms with E-state index in [1.54, 1.807) is 7.11 Å². The van der Waals surface area contributed by atoms with Crippen molar-refractivity contribution in [2.75, 3.05) is 40.5 Å². The Morgan fingerprint density at radius 3 is 2.63 bits per heavy atom. The van der Waals surface area contributed by atoms with Gasteiger partial charge in [0, 0.05) is 39.3 Å². The van der Waals surface area contributed by atoms with Crippen molar-refractivity contribution < 1.29 is 9.47 Å². The van der Waals surface area contributed by atoms with Crippen molar-refractivity contribution in [3.05, 3.63) is 29.8 Å². The van der Waals surface area contributed by atoms with Crippen LogP contribution in [0.25, 0.3) is 0 Å². The molecule has 1 aliphatic rings. The van der Waals surface area contributed by atoms with Crippen molar-refractivity contribution >= 4 is 5.96 Å². The number of nitrogens with zero attached hydrogens (tertiary/aromatic N) is 1. The average molecular weight is 376 g/mol. The number of nitrogens with one attached hydrogen (secondary N) is 2. The molecule has 1 aromatic carbocycles. The second-order valence-electron chi connectivity index (χ2n) is 7.60. The third-order valence-electron chi connectivity index (χ3n) is 5.75. The molecule has 1 atom stereocenters. The minimum atomic E-state index is 0.332. The van der Waals surface area contributed by atoms with E-state index in [1.165, 1.54) is 31.2 Å². The molecule has 0 aromatic heterocycles. The Kier molecular flexibility index (Phi) is 8.92. The molecule has 0 spiro atoms. The molecule has 0 bridgehead atoms. The fraction of sp³-hybridized carbons (Fsp3) is 0.682. The Morgan fingerprint density at radius 1 is 1.22 bits per heavy atom. The van der Waals surface area contributed by atoms with E-state index >= 15 is 0 Å². The van der Waals surface area contributed by atoms with Crippen LogP contribution >= 0.6 is 0 Å². The third kappa shape index (κ3) is 6.42. The molecule has 5 nitrogen and oxygen atoms in total. The van der Waals surface area contributed by atoms with Crippen LogP contribution in [0.5, 0.6) is 5.75 Å². The maximum atomic E-state index is 5.62. The maximum Gasteiger partial charge on any atom is 0.191 e. The van der Waals surface area contributed by atoms with Gasteiger partial charge < -0.3 is 20.1 Å². The van der Waals surface area contributed by atoms with Gasteiger partial charge in [0.05, 0.1) is 7.11 Å². The third-order valence-corrected chi connectivity index (χ3v) is 5.75. The van der Waals surface area contributed by atoms with E-state index in [9.17, 15) is 0 Å². The molecule has 0 saturated heterocycles. The second-order valence-corrected chi connectivity index (χ2v) is 7.60. The molecule has 0 heterocycles. The first-order chi connectivity index (χ1) is 13.1. The lowest BCUT2D eigenvalue weighted by molar-refractivity contribution is 0.105. The highest BCUT2D eigenvalue weighted by Crippen LogP contribution is 2.40. The molecule has 1 aliphatic carbocycles. The Hall–Kier alpha value is -1.75. The lowest BCUT2D eigenvalue weighted by atomic mass is 9.83. The lowest BCUT2D eigenvalue weighted by Crippen LogP contribution is -2.44. The minimum absolute atomic E-state index is 0.332. The summed E-state index contributed by atoms with van der Waals surface area (Å²) < 4.78 is 11.1. The van der Waals surface area contributed by atoms with Gasteiger partial charge in [-0.05, 0) is 43.2 Å². The summed E-state index contributed by atoms with van der Waals surface area (Å²) in [6.07, 6.45) is 6.33. The molecule has 5 heteroatoms. The molecule has 2 rings (SSSR count). The van der Waals surface area contributed by atoms with Crippen LogP contribution in [0.15, 0.2) is 29.3 Å². The van der Waals surface area contributed by atoms with E-state index in [4.69, 9.17) is 9.47 Å². The van der Waals surface area contributed by atoms with Crippen molar-refractivity contribution in [2.24, 2.45) is 10.4 Å². The molecule has 1 aromatic rings. The fourth-order valence-electron chi connectivity index (χ4n) is 4.00. The van der Waals surface area contributed by atoms with Crippen LogP contribution in [0.1, 0.15) is 57.4 Å². The molecular weight excluding hydrogens is 338 g/mol. The SMILES string of the molecule is CCOCCC1(CNC(=NC)NCC(C)c2ccccc2OC)CCCC1. The number of para-hydroxylation sites is 1. The zero-order valence-electron chi connectivity index (χ0n) is 17.5. The molecule has 0 aliphatic heterocycles. The Morgan fingerprint density at radius 2 is 1.96 bits per heavy atom. The maximum absolute atomic E-state index is 5.62. The molecule has 0 amide bonds. The first kappa shape index (κ1) is 21.5. The van der Waals surface area contributed by atoms with Crippen LogP contribution in [0, 0.1) is 5.41 Å². The van der Waals surface area contributed by atoms with Crippen LogP contribution in [-0.4, -0.2) is 46.4 Å². The van der Waals surface area contributed by atoms with Crippen molar-refractivity contribution in [1.82, 2.24) is 10.6 Å². The second kappa shape index (κ2) is 11.2. The molecule has 152 valence electrons. The van der Waals surface area contributed by atoms with Gasteiger partial charge in [0.15, 0.2) is 5.96 Å². The van der Waals surface area contributed by atoms with Gasteiger partial charge in [0.1, 0.15) is 5.75 Å². The van der Waals surface area contributed by atoms with Gasteiger partial charge in [-0.2, -0.15) is 0 Å². The summed E-state index contributed by atoms with van der Waals surface area (Å²) in [5.74, 6) is 2.15. The average Bonchev–Trinajstić information content (AvgIpc) is 3.17. The van der Waals surface area contributed by atoms with E-state index < -0.39 is 0 Å². The van der Waals surface area contributed by atoms with Crippen molar-refractivity contribution in [3.8, 4) is 5.75 Å². The number of rotatable bonds is 10. The number of ether oxygens (including phenoxy) is 2. The fourth-order valence-corrected chi connectivity index (χ4v) is 4.00. The number of hydrogen-bond donors (Lipinski definition) is 2. The van der Waals surface area contributed by atoms with Gasteiger partial charge in [-0.25, -0.2) is 0 Å². The predicted molar refractivity (Wildman–Crippen MR) is 113 cm³/mol. The smallest absolute Gasteiger partial charge is 0.191 e. The molecule has 1 unspecified atom stereocenters. The minimum Gasteiger partial charge on any atom is -0.496 e. The number of aliphatic imine (C=N–C) groups is 1. The highest BCUT2D eigenvalue weighted by molar-refractivity contribution is 5.79. The normalized spacial score (nSPS) is 17.6. The van der Waals surface area contributed by atoms with E-state index in [-0.39, 0.29) is 0 Å². The summed E-state index contributed by atoms with van der Waals surface area (Å²) >= 11 is 0. The zero-order valence-corrected chi connectivity index (χ0v) is 17.5. The number of methoxy groups -OCH3 is 1. The number of benzene rings is 1. The quantitative estimate of drug-likeness (QED) is 0.369.